The van der Waals surface area contributed by atoms with Crippen molar-refractivity contribution in [3.8, 4) is 0 Å². The van der Waals surface area contributed by atoms with Gasteiger partial charge >= 0.3 is 0 Å². The molecule has 1 radical (unpaired) electrons. The third-order valence-corrected chi connectivity index (χ3v) is 2.93. The van der Waals surface area contributed by atoms with Gasteiger partial charge in [-0.25, -0.2) is 0 Å². The lowest BCUT2D eigenvalue weighted by atomic mass is 9.52. The van der Waals surface area contributed by atoms with E-state index in [0.717, 1.165) is 0 Å². The molecule has 0 aliphatic carbocycles. The van der Waals surface area contributed by atoms with Crippen molar-refractivity contribution >= 4 is 12.7 Å². The Bertz CT molecular complexity index is 373. The molecule has 0 saturated carbocycles. The fourth-order valence-corrected chi connectivity index (χ4v) is 1.95. The highest BCUT2D eigenvalue weighted by Crippen LogP contribution is 2.29. The third-order valence-electron chi connectivity index (χ3n) is 2.93. The highest BCUT2D eigenvalue weighted by molar-refractivity contribution is 6.57. The summed E-state index contributed by atoms with van der Waals surface area (Å²) in [5.41, 5.74) is -1.12. The first-order chi connectivity index (χ1) is 8.08. The highest BCUT2D eigenvalue weighted by Gasteiger charge is 2.54. The van der Waals surface area contributed by atoms with Gasteiger partial charge in [0, 0.05) is 0 Å². The fraction of sp³-hybridized carbons (Fsp3) is 0.455. The number of rotatable bonds is 3. The molecule has 2 rings (SSSR count). The predicted octanol–water partition coefficient (Wildman–Crippen LogP) is -2.22. The van der Waals surface area contributed by atoms with E-state index in [1.54, 1.807) is 24.3 Å². The molecule has 1 aromatic rings. The SMILES string of the molecule is OC[C@H]1O[C@H](O)[C@H](O)[C@@]1(O)[B]c1ccccc1. The maximum absolute atomic E-state index is 10.3. The Hall–Kier alpha value is -0.915. The van der Waals surface area contributed by atoms with E-state index in [-0.39, 0.29) is 0 Å². The molecule has 4 atom stereocenters. The van der Waals surface area contributed by atoms with Crippen LogP contribution in [0.25, 0.3) is 0 Å². The molecule has 0 bridgehead atoms. The van der Waals surface area contributed by atoms with Gasteiger partial charge in [0.15, 0.2) is 6.29 Å². The summed E-state index contributed by atoms with van der Waals surface area (Å²) in [4.78, 5) is 0. The van der Waals surface area contributed by atoms with E-state index in [2.05, 4.69) is 0 Å². The molecule has 0 spiro atoms. The summed E-state index contributed by atoms with van der Waals surface area (Å²) in [6.45, 7) is -0.492. The Labute approximate surface area is 99.5 Å². The van der Waals surface area contributed by atoms with Crippen molar-refractivity contribution in [1.82, 2.24) is 0 Å². The van der Waals surface area contributed by atoms with Gasteiger partial charge in [0.25, 0.3) is 0 Å². The van der Waals surface area contributed by atoms with Crippen molar-refractivity contribution in [1.29, 1.82) is 0 Å². The zero-order chi connectivity index (χ0) is 12.5. The summed E-state index contributed by atoms with van der Waals surface area (Å²) in [5.74, 6) is 0. The van der Waals surface area contributed by atoms with Crippen molar-refractivity contribution in [2.75, 3.05) is 6.61 Å². The molecule has 1 fully saturated rings. The number of benzene rings is 1. The maximum Gasteiger partial charge on any atom is 0.201 e. The summed E-state index contributed by atoms with van der Waals surface area (Å²) in [7, 11) is 1.38. The second-order valence-electron chi connectivity index (χ2n) is 4.09. The van der Waals surface area contributed by atoms with Crippen LogP contribution in [-0.4, -0.2) is 58.3 Å². The zero-order valence-electron chi connectivity index (χ0n) is 9.10. The monoisotopic (exact) mass is 237 g/mol. The average Bonchev–Trinajstić information content (AvgIpc) is 2.55. The van der Waals surface area contributed by atoms with Crippen molar-refractivity contribution in [2.24, 2.45) is 0 Å². The molecule has 0 unspecified atom stereocenters. The molecule has 5 nitrogen and oxygen atoms in total. The van der Waals surface area contributed by atoms with Gasteiger partial charge < -0.3 is 25.2 Å². The number of ether oxygens (including phenoxy) is 1. The number of aliphatic hydroxyl groups is 4. The number of hydrogen-bond donors (Lipinski definition) is 4. The van der Waals surface area contributed by atoms with Crippen molar-refractivity contribution in [3.63, 3.8) is 0 Å². The second kappa shape index (κ2) is 4.76. The molecule has 1 aliphatic heterocycles. The van der Waals surface area contributed by atoms with Gasteiger partial charge in [0.1, 0.15) is 12.2 Å². The molecular formula is C11H14BO5. The van der Waals surface area contributed by atoms with Crippen molar-refractivity contribution < 1.29 is 25.2 Å². The van der Waals surface area contributed by atoms with E-state index in [0.29, 0.717) is 5.46 Å². The van der Waals surface area contributed by atoms with Crippen LogP contribution in [0.3, 0.4) is 0 Å². The molecule has 1 heterocycles. The Kier molecular flexibility index (Phi) is 3.51. The molecule has 6 heteroatoms. The fourth-order valence-electron chi connectivity index (χ4n) is 1.95. The Morgan fingerprint density at radius 1 is 1.24 bits per heavy atom. The molecular weight excluding hydrogens is 223 g/mol. The van der Waals surface area contributed by atoms with Gasteiger partial charge in [0.05, 0.1) is 12.1 Å². The van der Waals surface area contributed by atoms with Gasteiger partial charge in [-0.3, -0.25) is 0 Å². The molecule has 91 valence electrons. The molecule has 1 saturated heterocycles. The summed E-state index contributed by atoms with van der Waals surface area (Å²) in [6, 6.07) is 8.86. The molecule has 1 aliphatic rings. The van der Waals surface area contributed by atoms with Crippen LogP contribution in [0.4, 0.5) is 0 Å². The number of aliphatic hydroxyl groups excluding tert-OH is 3. The van der Waals surface area contributed by atoms with Gasteiger partial charge in [-0.05, 0) is 0 Å². The van der Waals surface area contributed by atoms with E-state index in [4.69, 9.17) is 9.84 Å². The minimum Gasteiger partial charge on any atom is -0.394 e. The maximum atomic E-state index is 10.3. The normalized spacial score (nSPS) is 37.1. The lowest BCUT2D eigenvalue weighted by molar-refractivity contribution is -0.132. The van der Waals surface area contributed by atoms with Gasteiger partial charge in [-0.2, -0.15) is 0 Å². The van der Waals surface area contributed by atoms with Crippen LogP contribution in [0.2, 0.25) is 0 Å². The third kappa shape index (κ3) is 2.22. The summed E-state index contributed by atoms with van der Waals surface area (Å²) < 4.78 is 4.88. The van der Waals surface area contributed by atoms with Crippen LogP contribution in [-0.2, 0) is 4.74 Å². The van der Waals surface area contributed by atoms with Crippen LogP contribution in [0.1, 0.15) is 0 Å². The number of hydrogen-bond acceptors (Lipinski definition) is 5. The van der Waals surface area contributed by atoms with Gasteiger partial charge in [-0.15, -0.1) is 0 Å². The van der Waals surface area contributed by atoms with E-state index in [1.165, 1.54) is 7.28 Å². The van der Waals surface area contributed by atoms with Crippen LogP contribution >= 0.6 is 0 Å². The van der Waals surface area contributed by atoms with E-state index in [9.17, 15) is 15.3 Å². The van der Waals surface area contributed by atoms with E-state index < -0.39 is 30.6 Å². The largest absolute Gasteiger partial charge is 0.394 e. The first kappa shape index (κ1) is 12.5. The van der Waals surface area contributed by atoms with Crippen LogP contribution < -0.4 is 5.46 Å². The summed E-state index contributed by atoms with van der Waals surface area (Å²) in [5, 5.41) is 38.4. The predicted molar refractivity (Wildman–Crippen MR) is 60.8 cm³/mol. The topological polar surface area (TPSA) is 90.2 Å². The van der Waals surface area contributed by atoms with E-state index >= 15 is 0 Å². The Balaban J connectivity index is 2.22. The van der Waals surface area contributed by atoms with Crippen molar-refractivity contribution in [3.05, 3.63) is 30.3 Å². The average molecular weight is 237 g/mol. The van der Waals surface area contributed by atoms with Crippen LogP contribution in [0.15, 0.2) is 30.3 Å². The first-order valence-corrected chi connectivity index (χ1v) is 5.33. The highest BCUT2D eigenvalue weighted by atomic mass is 16.6. The lowest BCUT2D eigenvalue weighted by Crippen LogP contribution is -2.57. The molecule has 0 amide bonds. The van der Waals surface area contributed by atoms with Crippen molar-refractivity contribution in [2.45, 2.75) is 24.0 Å². The van der Waals surface area contributed by atoms with Crippen LogP contribution in [0.5, 0.6) is 0 Å². The molecule has 1 aromatic carbocycles. The van der Waals surface area contributed by atoms with E-state index in [1.807, 2.05) is 6.07 Å². The minimum absolute atomic E-state index is 0.492. The zero-order valence-corrected chi connectivity index (χ0v) is 9.10. The quantitative estimate of drug-likeness (QED) is 0.447. The Morgan fingerprint density at radius 3 is 2.47 bits per heavy atom. The second-order valence-corrected chi connectivity index (χ2v) is 4.09. The lowest BCUT2D eigenvalue weighted by Gasteiger charge is -2.29. The molecule has 17 heavy (non-hydrogen) atoms. The van der Waals surface area contributed by atoms with Gasteiger partial charge in [-0.1, -0.05) is 35.8 Å². The molecule has 0 aromatic heterocycles. The standard InChI is InChI=1S/C11H14BO5/c13-6-8-11(16,9(14)10(15)17-8)12-7-4-2-1-3-5-7/h1-5,8-10,13-16H,6H2/t8-,9+,10+,11-/m1/s1. The van der Waals surface area contributed by atoms with Gasteiger partial charge in [0.2, 0.25) is 7.28 Å². The smallest absolute Gasteiger partial charge is 0.201 e. The summed E-state index contributed by atoms with van der Waals surface area (Å²) >= 11 is 0. The summed E-state index contributed by atoms with van der Waals surface area (Å²) in [6.07, 6.45) is -4.04. The van der Waals surface area contributed by atoms with Crippen LogP contribution in [0, 0.1) is 0 Å². The molecule has 4 N–H and O–H groups in total. The first-order valence-electron chi connectivity index (χ1n) is 5.33. The minimum atomic E-state index is -1.80. The Morgan fingerprint density at radius 2 is 1.88 bits per heavy atom.